The number of hydrogen-bond acceptors (Lipinski definition) is 3. The van der Waals surface area contributed by atoms with Crippen molar-refractivity contribution in [2.24, 2.45) is 0 Å². The number of nitrogens with zero attached hydrogens (tertiary/aromatic N) is 3. The van der Waals surface area contributed by atoms with E-state index in [2.05, 4.69) is 105 Å². The van der Waals surface area contributed by atoms with Gasteiger partial charge in [-0.25, -0.2) is 4.98 Å². The summed E-state index contributed by atoms with van der Waals surface area (Å²) in [7, 11) is 0. The largest absolute Gasteiger partial charge is 0.257 e. The highest BCUT2D eigenvalue weighted by Crippen LogP contribution is 2.51. The van der Waals surface area contributed by atoms with E-state index in [9.17, 15) is 0 Å². The molecule has 0 radical (unpaired) electrons. The minimum atomic E-state index is 0.0561. The van der Waals surface area contributed by atoms with Gasteiger partial charge < -0.3 is 0 Å². The van der Waals surface area contributed by atoms with E-state index < -0.39 is 0 Å². The third-order valence-corrected chi connectivity index (χ3v) is 11.5. The fourth-order valence-electron chi connectivity index (χ4n) is 8.90. The molecule has 2 aromatic heterocycles. The molecule has 4 bridgehead atoms. The lowest BCUT2D eigenvalue weighted by Crippen LogP contribution is -2.21. The van der Waals surface area contributed by atoms with Crippen molar-refractivity contribution in [2.45, 2.75) is 129 Å². The van der Waals surface area contributed by atoms with E-state index >= 15 is 0 Å². The molecule has 0 saturated heterocycles. The van der Waals surface area contributed by atoms with E-state index in [0.29, 0.717) is 0 Å². The summed E-state index contributed by atoms with van der Waals surface area (Å²) in [4.78, 5) is 14.3. The van der Waals surface area contributed by atoms with Crippen LogP contribution in [-0.2, 0) is 5.41 Å². The molecule has 0 N–H and O–H groups in total. The second-order valence-electron chi connectivity index (χ2n) is 15.7. The molecule has 5 aromatic rings. The Balaban J connectivity index is 0.000000145. The highest BCUT2D eigenvalue weighted by molar-refractivity contribution is 5.84. The number of fused-ring (bicyclic) bond motifs is 5. The zero-order chi connectivity index (χ0) is 33.6. The molecular formula is C45H53N3. The van der Waals surface area contributed by atoms with Crippen LogP contribution in [0.5, 0.6) is 0 Å². The third-order valence-electron chi connectivity index (χ3n) is 11.5. The number of hydrogen-bond donors (Lipinski definition) is 0. The van der Waals surface area contributed by atoms with Crippen molar-refractivity contribution < 1.29 is 0 Å². The molecule has 2 fully saturated rings. The Labute approximate surface area is 288 Å². The number of rotatable bonds is 2. The maximum atomic E-state index is 5.00. The smallest absolute Gasteiger partial charge is 0.0885 e. The molecule has 3 heteroatoms. The predicted octanol–water partition coefficient (Wildman–Crippen LogP) is 12.5. The molecule has 0 aliphatic heterocycles. The molecule has 6 aliphatic rings. The van der Waals surface area contributed by atoms with E-state index in [1.54, 1.807) is 22.3 Å². The normalized spacial score (nSPS) is 21.8. The highest BCUT2D eigenvalue weighted by Gasteiger charge is 2.34. The van der Waals surface area contributed by atoms with Crippen molar-refractivity contribution in [3.63, 3.8) is 0 Å². The summed E-state index contributed by atoms with van der Waals surface area (Å²) >= 11 is 0. The summed E-state index contributed by atoms with van der Waals surface area (Å²) in [6.07, 6.45) is 14.9. The monoisotopic (exact) mass is 635 g/mol. The van der Waals surface area contributed by atoms with E-state index in [-0.39, 0.29) is 5.41 Å². The Morgan fingerprint density at radius 1 is 0.562 bits per heavy atom. The average molecular weight is 636 g/mol. The molecule has 248 valence electrons. The second-order valence-corrected chi connectivity index (χ2v) is 15.7. The second kappa shape index (κ2) is 13.2. The Hall–Kier alpha value is -3.85. The van der Waals surface area contributed by atoms with Crippen molar-refractivity contribution in [1.82, 2.24) is 15.0 Å². The van der Waals surface area contributed by atoms with Crippen LogP contribution in [0.15, 0.2) is 73.1 Å². The van der Waals surface area contributed by atoms with Crippen molar-refractivity contribution in [3.05, 3.63) is 112 Å². The zero-order valence-corrected chi connectivity index (χ0v) is 30.2. The van der Waals surface area contributed by atoms with Gasteiger partial charge in [0.1, 0.15) is 0 Å². The highest BCUT2D eigenvalue weighted by atomic mass is 14.8. The van der Waals surface area contributed by atoms with Crippen molar-refractivity contribution >= 4 is 10.9 Å². The molecule has 0 atom stereocenters. The van der Waals surface area contributed by atoms with Crippen molar-refractivity contribution in [3.8, 4) is 22.5 Å². The van der Waals surface area contributed by atoms with Gasteiger partial charge in [-0.05, 0) is 147 Å². The first-order valence-corrected chi connectivity index (χ1v) is 18.7. The van der Waals surface area contributed by atoms with Gasteiger partial charge in [-0.15, -0.1) is 0 Å². The van der Waals surface area contributed by atoms with Crippen LogP contribution in [0.3, 0.4) is 0 Å². The van der Waals surface area contributed by atoms with Gasteiger partial charge in [-0.1, -0.05) is 70.5 Å². The molecule has 11 rings (SSSR count). The molecule has 48 heavy (non-hydrogen) atoms. The minimum Gasteiger partial charge on any atom is -0.257 e. The number of pyridine rings is 1. The number of aromatic nitrogens is 3. The maximum Gasteiger partial charge on any atom is 0.0885 e. The Bertz CT molecular complexity index is 1910. The Morgan fingerprint density at radius 3 is 1.65 bits per heavy atom. The molecule has 0 spiro atoms. The molecule has 0 unspecified atom stereocenters. The molecule has 3 aromatic carbocycles. The fraction of sp³-hybridized carbons (Fsp3) is 0.444. The lowest BCUT2D eigenvalue weighted by molar-refractivity contribution is 0.359. The van der Waals surface area contributed by atoms with Gasteiger partial charge >= 0.3 is 0 Å². The first-order valence-electron chi connectivity index (χ1n) is 18.7. The SMILES string of the molecule is CC.CC(C)(C)c1cnc(-c2ccc3c(c2)C2CCC3CC2)cn1.Cc1ccc2nc(-c3ccc4c(c3)C3CCC4CC3)c(C)cc2c1. The third kappa shape index (κ3) is 6.22. The standard InChI is InChI=1S/C23H23N.C20H24N2.C2H6/c1-14-3-10-22-19(11-14)12-15(2)23(24-22)18-8-9-20-16-4-6-17(7-5-16)21(20)13-18;1-20(2,3)19-12-21-18(11-22-19)15-8-9-16-13-4-6-14(7-5-13)17(16)10-15;1-2/h3,8-13,16-17H,4-7H2,1-2H3;8-14H,4-7H2,1-3H3;1-2H3. The van der Waals surface area contributed by atoms with E-state index in [4.69, 9.17) is 4.98 Å². The molecule has 6 aliphatic carbocycles. The predicted molar refractivity (Wildman–Crippen MR) is 202 cm³/mol. The van der Waals surface area contributed by atoms with Crippen LogP contribution in [0, 0.1) is 13.8 Å². The summed E-state index contributed by atoms with van der Waals surface area (Å²) in [6.45, 7) is 14.8. The first-order chi connectivity index (χ1) is 23.2. The summed E-state index contributed by atoms with van der Waals surface area (Å²) in [6, 6.07) is 22.9. The average Bonchev–Trinajstić information content (AvgIpc) is 3.13. The van der Waals surface area contributed by atoms with Crippen LogP contribution < -0.4 is 0 Å². The molecule has 0 amide bonds. The van der Waals surface area contributed by atoms with Gasteiger partial charge in [-0.2, -0.15) is 0 Å². The van der Waals surface area contributed by atoms with Crippen LogP contribution in [0.1, 0.15) is 149 Å². The van der Waals surface area contributed by atoms with Crippen LogP contribution >= 0.6 is 0 Å². The fourth-order valence-corrected chi connectivity index (χ4v) is 8.90. The van der Waals surface area contributed by atoms with Gasteiger partial charge in [0.15, 0.2) is 0 Å². The Morgan fingerprint density at radius 2 is 1.10 bits per heavy atom. The van der Waals surface area contributed by atoms with Crippen molar-refractivity contribution in [1.29, 1.82) is 0 Å². The van der Waals surface area contributed by atoms with Crippen LogP contribution in [0.25, 0.3) is 33.4 Å². The molecule has 3 nitrogen and oxygen atoms in total. The topological polar surface area (TPSA) is 38.7 Å². The molecular weight excluding hydrogens is 583 g/mol. The van der Waals surface area contributed by atoms with Gasteiger partial charge in [-0.3, -0.25) is 9.97 Å². The summed E-state index contributed by atoms with van der Waals surface area (Å²) in [5.41, 5.74) is 15.8. The number of aryl methyl sites for hydroxylation is 2. The van der Waals surface area contributed by atoms with Crippen LogP contribution in [0.2, 0.25) is 0 Å². The maximum absolute atomic E-state index is 5.00. The van der Waals surface area contributed by atoms with Crippen LogP contribution in [0.4, 0.5) is 0 Å². The van der Waals surface area contributed by atoms with Crippen LogP contribution in [-0.4, -0.2) is 15.0 Å². The summed E-state index contributed by atoms with van der Waals surface area (Å²) in [5.74, 6) is 3.19. The zero-order valence-electron chi connectivity index (χ0n) is 30.2. The van der Waals surface area contributed by atoms with Gasteiger partial charge in [0.2, 0.25) is 0 Å². The lowest BCUT2D eigenvalue weighted by Gasteiger charge is -2.38. The minimum absolute atomic E-state index is 0.0561. The molecule has 2 heterocycles. The number of benzene rings is 3. The van der Waals surface area contributed by atoms with E-state index in [1.165, 1.54) is 79.0 Å². The first kappa shape index (κ1) is 32.7. The van der Waals surface area contributed by atoms with E-state index in [1.807, 2.05) is 26.2 Å². The van der Waals surface area contributed by atoms with Gasteiger partial charge in [0, 0.05) is 28.1 Å². The lowest BCUT2D eigenvalue weighted by atomic mass is 9.67. The Kier molecular flexibility index (Phi) is 9.00. The van der Waals surface area contributed by atoms with Gasteiger partial charge in [0.25, 0.3) is 0 Å². The van der Waals surface area contributed by atoms with Gasteiger partial charge in [0.05, 0.1) is 28.8 Å². The summed E-state index contributed by atoms with van der Waals surface area (Å²) < 4.78 is 0. The van der Waals surface area contributed by atoms with Crippen molar-refractivity contribution in [2.75, 3.05) is 0 Å². The molecule has 2 saturated carbocycles. The van der Waals surface area contributed by atoms with E-state index in [0.717, 1.165) is 46.3 Å². The quantitative estimate of drug-likeness (QED) is 0.194. The summed E-state index contributed by atoms with van der Waals surface area (Å²) in [5, 5.41) is 1.24.